The van der Waals surface area contributed by atoms with E-state index in [0.29, 0.717) is 22.6 Å². The number of halogens is 1. The first-order chi connectivity index (χ1) is 14.9. The number of fused-ring (bicyclic) bond motifs is 2. The highest BCUT2D eigenvalue weighted by atomic mass is 35.5. The molecule has 4 rings (SSSR count). The van der Waals surface area contributed by atoms with Gasteiger partial charge in [0, 0.05) is 17.3 Å². The van der Waals surface area contributed by atoms with E-state index in [2.05, 4.69) is 5.32 Å². The number of pyridine rings is 1. The Balaban J connectivity index is 0.00000289. The number of rotatable bonds is 4. The predicted molar refractivity (Wildman–Crippen MR) is 127 cm³/mol. The highest BCUT2D eigenvalue weighted by molar-refractivity contribution is 6.12. The number of nitrogens with one attached hydrogen (secondary N) is 2. The van der Waals surface area contributed by atoms with Crippen molar-refractivity contribution in [1.82, 2.24) is 9.88 Å². The minimum absolute atomic E-state index is 0. The number of carbonyl (C=O) groups is 1. The first-order valence-electron chi connectivity index (χ1n) is 9.39. The van der Waals surface area contributed by atoms with E-state index in [-0.39, 0.29) is 28.9 Å². The molecule has 0 aliphatic carbocycles. The molecule has 8 nitrogen and oxygen atoms in total. The van der Waals surface area contributed by atoms with Crippen LogP contribution in [-0.2, 0) is 0 Å². The van der Waals surface area contributed by atoms with Crippen LogP contribution in [0.15, 0.2) is 65.6 Å². The minimum atomic E-state index is -0.612. The number of benzene rings is 3. The molecule has 0 bridgehead atoms. The summed E-state index contributed by atoms with van der Waals surface area (Å²) in [4.78, 5) is 26.2. The van der Waals surface area contributed by atoms with Crippen molar-refractivity contribution < 1.29 is 14.3 Å². The molecule has 164 valence electrons. The van der Waals surface area contributed by atoms with Crippen molar-refractivity contribution in [2.75, 3.05) is 14.2 Å². The SMILES string of the molecule is COc1cc2c(C(=O)NC(=N)N)cn(-c3ccc4ccccc4c3)c(=O)c2cc1OC.Cl. The number of nitrogens with zero attached hydrogens (tertiary/aromatic N) is 1. The van der Waals surface area contributed by atoms with E-state index in [9.17, 15) is 9.59 Å². The van der Waals surface area contributed by atoms with Crippen LogP contribution in [0.4, 0.5) is 0 Å². The fourth-order valence-corrected chi connectivity index (χ4v) is 3.55. The van der Waals surface area contributed by atoms with Crippen molar-refractivity contribution in [2.45, 2.75) is 0 Å². The van der Waals surface area contributed by atoms with Gasteiger partial charge in [0.15, 0.2) is 17.5 Å². The van der Waals surface area contributed by atoms with Crippen LogP contribution in [0, 0.1) is 5.41 Å². The highest BCUT2D eigenvalue weighted by Gasteiger charge is 2.19. The van der Waals surface area contributed by atoms with E-state index < -0.39 is 11.9 Å². The number of guanidine groups is 1. The lowest BCUT2D eigenvalue weighted by Gasteiger charge is -2.15. The van der Waals surface area contributed by atoms with Crippen molar-refractivity contribution in [3.63, 3.8) is 0 Å². The van der Waals surface area contributed by atoms with E-state index in [1.54, 1.807) is 12.1 Å². The number of ether oxygens (including phenoxy) is 2. The summed E-state index contributed by atoms with van der Waals surface area (Å²) >= 11 is 0. The van der Waals surface area contributed by atoms with Crippen molar-refractivity contribution in [3.05, 3.63) is 76.7 Å². The lowest BCUT2D eigenvalue weighted by atomic mass is 10.0. The topological polar surface area (TPSA) is 119 Å². The fourth-order valence-electron chi connectivity index (χ4n) is 3.55. The molecule has 0 aliphatic heterocycles. The third-order valence-corrected chi connectivity index (χ3v) is 5.03. The van der Waals surface area contributed by atoms with Crippen molar-refractivity contribution in [1.29, 1.82) is 5.41 Å². The van der Waals surface area contributed by atoms with E-state index in [4.69, 9.17) is 20.6 Å². The molecule has 4 N–H and O–H groups in total. The zero-order chi connectivity index (χ0) is 22.1. The van der Waals surface area contributed by atoms with Crippen LogP contribution in [-0.4, -0.2) is 30.7 Å². The number of aromatic nitrogens is 1. The van der Waals surface area contributed by atoms with Crippen LogP contribution in [0.5, 0.6) is 11.5 Å². The third-order valence-electron chi connectivity index (χ3n) is 5.03. The summed E-state index contributed by atoms with van der Waals surface area (Å²) in [6, 6.07) is 16.5. The van der Waals surface area contributed by atoms with Crippen molar-refractivity contribution >= 4 is 45.8 Å². The number of carbonyl (C=O) groups excluding carboxylic acids is 1. The second-order valence-electron chi connectivity index (χ2n) is 6.87. The van der Waals surface area contributed by atoms with Gasteiger partial charge in [0.2, 0.25) is 0 Å². The normalized spacial score (nSPS) is 10.4. The van der Waals surface area contributed by atoms with Gasteiger partial charge in [0.1, 0.15) is 0 Å². The summed E-state index contributed by atoms with van der Waals surface area (Å²) in [6.45, 7) is 0. The molecule has 1 heterocycles. The number of nitrogens with two attached hydrogens (primary N) is 1. The Labute approximate surface area is 189 Å². The third kappa shape index (κ3) is 3.95. The van der Waals surface area contributed by atoms with Gasteiger partial charge in [-0.3, -0.25) is 24.9 Å². The summed E-state index contributed by atoms with van der Waals surface area (Å²) in [5.74, 6) is -0.377. The number of amides is 1. The minimum Gasteiger partial charge on any atom is -0.493 e. The molecule has 0 saturated heterocycles. The fraction of sp³-hybridized carbons (Fsp3) is 0.0870. The zero-order valence-corrected chi connectivity index (χ0v) is 18.2. The number of hydrogen-bond acceptors (Lipinski definition) is 5. The predicted octanol–water partition coefficient (Wildman–Crippen LogP) is 3.21. The molecule has 1 amide bonds. The van der Waals surface area contributed by atoms with Gasteiger partial charge in [0.05, 0.1) is 25.2 Å². The second-order valence-corrected chi connectivity index (χ2v) is 6.87. The first-order valence-corrected chi connectivity index (χ1v) is 9.39. The maximum atomic E-state index is 13.4. The average molecular weight is 453 g/mol. The second kappa shape index (κ2) is 8.99. The lowest BCUT2D eigenvalue weighted by Crippen LogP contribution is -2.36. The Bertz CT molecular complexity index is 1410. The first kappa shape index (κ1) is 22.6. The molecule has 0 saturated carbocycles. The van der Waals surface area contributed by atoms with Crippen LogP contribution in [0.25, 0.3) is 27.2 Å². The maximum Gasteiger partial charge on any atom is 0.263 e. The molecule has 0 aliphatic rings. The Morgan fingerprint density at radius 1 is 0.969 bits per heavy atom. The summed E-state index contributed by atoms with van der Waals surface area (Å²) in [5.41, 5.74) is 5.79. The number of methoxy groups -OCH3 is 2. The molecule has 32 heavy (non-hydrogen) atoms. The van der Waals surface area contributed by atoms with Crippen LogP contribution >= 0.6 is 12.4 Å². The summed E-state index contributed by atoms with van der Waals surface area (Å²) in [5, 5.41) is 12.3. The molecule has 9 heteroatoms. The van der Waals surface area contributed by atoms with Crippen molar-refractivity contribution in [3.8, 4) is 17.2 Å². The molecule has 0 fully saturated rings. The number of hydrogen-bond donors (Lipinski definition) is 3. The van der Waals surface area contributed by atoms with Gasteiger partial charge in [-0.1, -0.05) is 30.3 Å². The molecule has 0 radical (unpaired) electrons. The lowest BCUT2D eigenvalue weighted by molar-refractivity contribution is 0.0977. The summed E-state index contributed by atoms with van der Waals surface area (Å²) in [7, 11) is 2.94. The molecule has 4 aromatic rings. The summed E-state index contributed by atoms with van der Waals surface area (Å²) in [6.07, 6.45) is 1.44. The maximum absolute atomic E-state index is 13.4. The smallest absolute Gasteiger partial charge is 0.263 e. The molecule has 0 atom stereocenters. The van der Waals surface area contributed by atoms with Gasteiger partial charge in [-0.15, -0.1) is 12.4 Å². The Hall–Kier alpha value is -4.04. The van der Waals surface area contributed by atoms with E-state index in [1.165, 1.54) is 25.0 Å². The van der Waals surface area contributed by atoms with Crippen LogP contribution in [0.2, 0.25) is 0 Å². The molecule has 0 unspecified atom stereocenters. The van der Waals surface area contributed by atoms with Gasteiger partial charge in [-0.25, -0.2) is 0 Å². The quantitative estimate of drug-likeness (QED) is 0.324. The molecular formula is C23H21ClN4O4. The molecule has 3 aromatic carbocycles. The standard InChI is InChI=1S/C23H20N4O4.ClH/c1-30-19-10-16-17(11-20(19)31-2)22(29)27(12-18(16)21(28)26-23(24)25)15-8-7-13-5-3-4-6-14(13)9-15;/h3-12H,1-2H3,(H4,24,25,26,28);1H. The molecule has 1 aromatic heterocycles. The Morgan fingerprint density at radius 3 is 2.22 bits per heavy atom. The van der Waals surface area contributed by atoms with Gasteiger partial charge < -0.3 is 15.2 Å². The van der Waals surface area contributed by atoms with Crippen LogP contribution < -0.4 is 26.1 Å². The van der Waals surface area contributed by atoms with E-state index in [1.807, 2.05) is 42.5 Å². The largest absolute Gasteiger partial charge is 0.493 e. The van der Waals surface area contributed by atoms with E-state index >= 15 is 0 Å². The Kier molecular flexibility index (Phi) is 6.36. The van der Waals surface area contributed by atoms with Gasteiger partial charge in [0.25, 0.3) is 11.5 Å². The molecular weight excluding hydrogens is 432 g/mol. The monoisotopic (exact) mass is 452 g/mol. The van der Waals surface area contributed by atoms with Gasteiger partial charge in [-0.2, -0.15) is 0 Å². The van der Waals surface area contributed by atoms with Gasteiger partial charge >= 0.3 is 0 Å². The van der Waals surface area contributed by atoms with Gasteiger partial charge in [-0.05, 0) is 35.0 Å². The van der Waals surface area contributed by atoms with Crippen LogP contribution in [0.3, 0.4) is 0 Å². The van der Waals surface area contributed by atoms with Crippen LogP contribution in [0.1, 0.15) is 10.4 Å². The zero-order valence-electron chi connectivity index (χ0n) is 17.3. The highest BCUT2D eigenvalue weighted by Crippen LogP contribution is 2.32. The van der Waals surface area contributed by atoms with E-state index in [0.717, 1.165) is 10.8 Å². The summed E-state index contributed by atoms with van der Waals surface area (Å²) < 4.78 is 12.1. The Morgan fingerprint density at radius 2 is 1.59 bits per heavy atom. The molecule has 0 spiro atoms. The average Bonchev–Trinajstić information content (AvgIpc) is 2.77. The van der Waals surface area contributed by atoms with Crippen molar-refractivity contribution in [2.24, 2.45) is 5.73 Å².